The number of nitrogens with zero attached hydrogens (tertiary/aromatic N) is 2. The number of hydrogen-bond donors (Lipinski definition) is 4. The average Bonchev–Trinajstić information content (AvgIpc) is 0.712. The summed E-state index contributed by atoms with van der Waals surface area (Å²) >= 11 is 0.780. The zero-order valence-electron chi connectivity index (χ0n) is 71.7. The summed E-state index contributed by atoms with van der Waals surface area (Å²) in [6.07, 6.45) is -23.5. The second-order valence-corrected chi connectivity index (χ2v) is 37.8. The standard InChI is InChI=1S/C53H38F6O20S6.C43H28F6N2O4/c1-31-3-20-40(27-47(31)80-78-76-60)82(62,63)42-22-25-45(49(29-42)84(66,67)68)74-38-14-6-33(7-15-38)32-4-12-37(13-5-32)73-44-24-21-41(28-48(44)81-79-77-61)83(64,65)43-23-26-46(50(30-43)85(69,70)71)75-39-18-10-35(11-19-39)51(52(54,55)56,53(57,58)59)34-8-16-36(72-2)17-9-34;1-27-5-3-6-38(36(27)25-50)53-33-17-9-28(10-18-33)29-11-19-34(20-12-29)54-39-7-4-8-40(37(39)26-51)55-35-23-15-31(16-24-35)41(42(44,45)46,43(47,48)49)30-13-21-32(52-2)22-14-30/h3-30,60-61H,1-2H3,(H,66,67,68)(H,69,70,71);3-24H,1-2H3. The molecule has 0 radical (unpaired) electrons. The van der Waals surface area contributed by atoms with Crippen LogP contribution in [0.15, 0.2) is 342 Å². The number of halogens is 12. The highest BCUT2D eigenvalue weighted by molar-refractivity contribution is 7.95. The maximum absolute atomic E-state index is 14.7. The van der Waals surface area contributed by atoms with Crippen molar-refractivity contribution in [1.82, 2.24) is 0 Å². The molecule has 0 unspecified atom stereocenters. The zero-order chi connectivity index (χ0) is 101. The summed E-state index contributed by atoms with van der Waals surface area (Å²) in [6, 6.07) is 64.7. The lowest BCUT2D eigenvalue weighted by molar-refractivity contribution is -0.432. The van der Waals surface area contributed by atoms with Crippen molar-refractivity contribution < 1.29 is 163 Å². The van der Waals surface area contributed by atoms with Gasteiger partial charge in [-0.3, -0.25) is 9.11 Å². The number of rotatable bonds is 32. The van der Waals surface area contributed by atoms with E-state index in [1.807, 2.05) is 37.3 Å². The van der Waals surface area contributed by atoms with Crippen LogP contribution in [0.2, 0.25) is 0 Å². The molecule has 0 amide bonds. The van der Waals surface area contributed by atoms with E-state index in [1.165, 1.54) is 67.8 Å². The lowest BCUT2D eigenvalue weighted by Gasteiger charge is -2.38. The molecule has 14 aromatic carbocycles. The fourth-order valence-electron chi connectivity index (χ4n) is 14.4. The molecule has 0 heterocycles. The Kier molecular flexibility index (Phi) is 30.8. The third-order valence-electron chi connectivity index (χ3n) is 21.2. The lowest BCUT2D eigenvalue weighted by Crippen LogP contribution is -2.54. The van der Waals surface area contributed by atoms with Gasteiger partial charge in [-0.15, -0.1) is 8.67 Å². The van der Waals surface area contributed by atoms with Gasteiger partial charge in [-0.1, -0.05) is 131 Å². The Hall–Kier alpha value is -14.2. The molecule has 0 aliphatic heterocycles. The van der Waals surface area contributed by atoms with Gasteiger partial charge in [0.15, 0.2) is 0 Å². The lowest BCUT2D eigenvalue weighted by atomic mass is 9.73. The van der Waals surface area contributed by atoms with Crippen LogP contribution in [0.1, 0.15) is 44.5 Å². The molecule has 724 valence electrons. The van der Waals surface area contributed by atoms with Gasteiger partial charge in [-0.05, 0) is 251 Å². The van der Waals surface area contributed by atoms with E-state index in [0.717, 1.165) is 121 Å². The fourth-order valence-corrected chi connectivity index (χ4v) is 19.5. The van der Waals surface area contributed by atoms with Crippen LogP contribution in [0.5, 0.6) is 80.5 Å². The third-order valence-corrected chi connectivity index (χ3v) is 27.9. The van der Waals surface area contributed by atoms with Crippen molar-refractivity contribution in [3.63, 3.8) is 0 Å². The number of hydrogen-bond acceptors (Lipinski definition) is 26. The van der Waals surface area contributed by atoms with E-state index in [0.29, 0.717) is 106 Å². The molecular weight excluding hydrogens is 1990 g/mol. The molecule has 26 nitrogen and oxygen atoms in total. The molecule has 44 heteroatoms. The predicted octanol–water partition coefficient (Wildman–Crippen LogP) is 25.7. The molecule has 0 saturated carbocycles. The Morgan fingerprint density at radius 3 is 0.850 bits per heavy atom. The summed E-state index contributed by atoms with van der Waals surface area (Å²) in [4.78, 5) is -4.09. The van der Waals surface area contributed by atoms with Crippen molar-refractivity contribution in [3.8, 4) is 115 Å². The van der Waals surface area contributed by atoms with E-state index in [2.05, 4.69) is 24.8 Å². The average molecular weight is 2050 g/mol. The Balaban J connectivity index is 0.000000258. The van der Waals surface area contributed by atoms with E-state index in [9.17, 15) is 106 Å². The van der Waals surface area contributed by atoms with Crippen LogP contribution in [-0.2, 0) is 69.5 Å². The van der Waals surface area contributed by atoms with Gasteiger partial charge < -0.3 is 37.9 Å². The first-order valence-corrected chi connectivity index (χ1v) is 47.1. The number of sulfone groups is 2. The number of benzene rings is 14. The van der Waals surface area contributed by atoms with Crippen molar-refractivity contribution in [2.75, 3.05) is 14.2 Å². The normalized spacial score (nSPS) is 12.2. The first kappa shape index (κ1) is 103. The Bertz CT molecular complexity index is 7450. The van der Waals surface area contributed by atoms with Crippen molar-refractivity contribution in [2.24, 2.45) is 0 Å². The van der Waals surface area contributed by atoms with Gasteiger partial charge in [0.25, 0.3) is 20.2 Å². The van der Waals surface area contributed by atoms with E-state index in [4.69, 9.17) is 48.4 Å². The number of alkyl halides is 12. The van der Waals surface area contributed by atoms with E-state index >= 15 is 0 Å². The molecular formula is C96H66F12N2O24S6. The summed E-state index contributed by atoms with van der Waals surface area (Å²) in [5.74, 6) is -0.213. The molecule has 14 aromatic rings. The molecule has 0 aromatic heterocycles. The second-order valence-electron chi connectivity index (χ2n) is 29.7. The quantitative estimate of drug-likeness (QED) is 0.01000. The van der Waals surface area contributed by atoms with Gasteiger partial charge in [-0.2, -0.15) is 80.0 Å². The topological polar surface area (TPSA) is 376 Å². The molecule has 0 fully saturated rings. The Labute approximate surface area is 797 Å². The highest BCUT2D eigenvalue weighted by Crippen LogP contribution is 2.59. The number of methoxy groups -OCH3 is 2. The molecule has 0 aliphatic rings. The molecule has 4 N–H and O–H groups in total. The molecule has 0 atom stereocenters. The number of nitriles is 2. The summed E-state index contributed by atoms with van der Waals surface area (Å²) in [5.41, 5.74) is -8.90. The van der Waals surface area contributed by atoms with Gasteiger partial charge in [0.1, 0.15) is 108 Å². The SMILES string of the molecule is COc1ccc(C(c2ccc(Oc3ccc(S(=O)(=O)c4ccc(Oc5ccc(-c6ccc(Oc7ccc(S(=O)(=O)c8ccc(C)c(SOOO)c8)cc7S(=O)(=O)O)cc6)cc5)c(SOOO)c4)cc3S(=O)(=O)O)cc2)(C(F)(F)F)C(F)(F)F)cc1.COc1ccc(C(c2ccc(Oc3cccc(Oc4ccc(-c5ccc(Oc6cccc(C)c6C#N)cc5)cc4)c3C#N)cc2)(C(F)(F)F)C(F)(F)F)cc1. The molecule has 0 spiro atoms. The van der Waals surface area contributed by atoms with Crippen LogP contribution in [0, 0.1) is 36.5 Å². The molecule has 0 bridgehead atoms. The maximum Gasteiger partial charge on any atom is 0.411 e. The highest BCUT2D eigenvalue weighted by Gasteiger charge is 2.74. The maximum atomic E-state index is 14.7. The van der Waals surface area contributed by atoms with Crippen LogP contribution < -0.4 is 37.9 Å². The van der Waals surface area contributed by atoms with Gasteiger partial charge in [-0.25, -0.2) is 27.4 Å². The molecule has 140 heavy (non-hydrogen) atoms. The van der Waals surface area contributed by atoms with Gasteiger partial charge in [0.05, 0.1) is 68.3 Å². The van der Waals surface area contributed by atoms with E-state index in [-0.39, 0.29) is 78.3 Å². The predicted molar refractivity (Wildman–Crippen MR) is 478 cm³/mol. The van der Waals surface area contributed by atoms with E-state index in [1.54, 1.807) is 73.7 Å². The Morgan fingerprint density at radius 1 is 0.293 bits per heavy atom. The van der Waals surface area contributed by atoms with Crippen molar-refractivity contribution in [2.45, 2.75) is 88.5 Å². The minimum atomic E-state index is -5.96. The van der Waals surface area contributed by atoms with Crippen LogP contribution in [-0.4, -0.2) is 92.2 Å². The minimum absolute atomic E-state index is 0.0251. The smallest absolute Gasteiger partial charge is 0.411 e. The van der Waals surface area contributed by atoms with Crippen molar-refractivity contribution in [1.29, 1.82) is 10.5 Å². The largest absolute Gasteiger partial charge is 0.497 e. The van der Waals surface area contributed by atoms with Gasteiger partial charge in [0, 0.05) is 4.90 Å². The van der Waals surface area contributed by atoms with Crippen molar-refractivity contribution >= 4 is 64.0 Å². The first-order valence-electron chi connectivity index (χ1n) is 39.8. The summed E-state index contributed by atoms with van der Waals surface area (Å²) in [7, 11) is -17.2. The molecule has 0 aliphatic carbocycles. The van der Waals surface area contributed by atoms with Gasteiger partial charge >= 0.3 is 24.7 Å². The summed E-state index contributed by atoms with van der Waals surface area (Å²) in [5, 5.41) is 44.2. The van der Waals surface area contributed by atoms with Crippen LogP contribution in [0.25, 0.3) is 22.3 Å². The summed E-state index contributed by atoms with van der Waals surface area (Å²) in [6.45, 7) is 3.46. The minimum Gasteiger partial charge on any atom is -0.497 e. The highest BCUT2D eigenvalue weighted by atomic mass is 32.2. The van der Waals surface area contributed by atoms with Crippen LogP contribution in [0.3, 0.4) is 0 Å². The molecule has 0 saturated heterocycles. The van der Waals surface area contributed by atoms with Crippen LogP contribution in [0.4, 0.5) is 52.7 Å². The Morgan fingerprint density at radius 2 is 0.550 bits per heavy atom. The van der Waals surface area contributed by atoms with E-state index < -0.39 is 139 Å². The summed E-state index contributed by atoms with van der Waals surface area (Å²) < 4.78 is 355. The van der Waals surface area contributed by atoms with Crippen LogP contribution >= 0.6 is 24.1 Å². The monoisotopic (exact) mass is 2050 g/mol. The number of ether oxygens (including phenoxy) is 8. The zero-order valence-corrected chi connectivity index (χ0v) is 76.6. The third kappa shape index (κ3) is 22.2. The molecule has 14 rings (SSSR count). The second kappa shape index (κ2) is 41.8. The fraction of sp³-hybridized carbons (Fsp3) is 0.104. The van der Waals surface area contributed by atoms with Crippen molar-refractivity contribution in [3.05, 3.63) is 348 Å². The van der Waals surface area contributed by atoms with Gasteiger partial charge in [0.2, 0.25) is 30.5 Å². The number of aryl methyl sites for hydroxylation is 2. The first-order chi connectivity index (χ1) is 66.2.